The summed E-state index contributed by atoms with van der Waals surface area (Å²) in [6.45, 7) is 2.40. The van der Waals surface area contributed by atoms with Gasteiger partial charge in [-0.1, -0.05) is 42.5 Å². The molecule has 1 unspecified atom stereocenters. The Labute approximate surface area is 204 Å². The van der Waals surface area contributed by atoms with Gasteiger partial charge in [-0.25, -0.2) is 0 Å². The molecule has 0 aliphatic rings. The summed E-state index contributed by atoms with van der Waals surface area (Å²) in [7, 11) is 0. The van der Waals surface area contributed by atoms with Crippen molar-refractivity contribution in [3.05, 3.63) is 116 Å². The molecular weight excluding hydrogens is 477 g/mol. The van der Waals surface area contributed by atoms with Crippen LogP contribution in [0.2, 0.25) is 0 Å². The highest BCUT2D eigenvalue weighted by atomic mass is 32.1. The lowest BCUT2D eigenvalue weighted by Gasteiger charge is -2.12. The Balaban J connectivity index is 1.41. The standard InChI is InChI=1S/C26H23F3N2O3S/c1-17-13-23(35-24(17)25(33)30-15-18-5-3-2-4-6-18)31-12-11-21(14-22(31)32)34-16-19-7-9-20(10-8-19)26(27,28)29/h2-14,25,30,33H,15-16H2,1H3. The molecule has 5 nitrogen and oxygen atoms in total. The number of hydrogen-bond donors (Lipinski definition) is 2. The Bertz CT molecular complexity index is 1330. The van der Waals surface area contributed by atoms with Crippen molar-refractivity contribution in [2.45, 2.75) is 32.5 Å². The van der Waals surface area contributed by atoms with Gasteiger partial charge in [-0.2, -0.15) is 13.2 Å². The predicted octanol–water partition coefficient (Wildman–Crippen LogP) is 5.59. The first-order chi connectivity index (χ1) is 16.7. The minimum Gasteiger partial charge on any atom is -0.489 e. The molecule has 0 aliphatic heterocycles. The average molecular weight is 501 g/mol. The van der Waals surface area contributed by atoms with Crippen LogP contribution in [-0.2, 0) is 19.3 Å². The third-order valence-electron chi connectivity index (χ3n) is 5.35. The number of benzene rings is 2. The lowest BCUT2D eigenvalue weighted by atomic mass is 10.1. The summed E-state index contributed by atoms with van der Waals surface area (Å²) in [5.41, 5.74) is 1.40. The van der Waals surface area contributed by atoms with Crippen LogP contribution < -0.4 is 15.6 Å². The zero-order valence-electron chi connectivity index (χ0n) is 18.8. The van der Waals surface area contributed by atoms with E-state index >= 15 is 0 Å². The van der Waals surface area contributed by atoms with Crippen LogP contribution in [0.1, 0.15) is 33.4 Å². The predicted molar refractivity (Wildman–Crippen MR) is 129 cm³/mol. The van der Waals surface area contributed by atoms with Gasteiger partial charge in [0.2, 0.25) is 0 Å². The minimum atomic E-state index is -4.39. The van der Waals surface area contributed by atoms with Crippen molar-refractivity contribution < 1.29 is 23.0 Å². The smallest absolute Gasteiger partial charge is 0.416 e. The van der Waals surface area contributed by atoms with E-state index in [9.17, 15) is 23.1 Å². The van der Waals surface area contributed by atoms with Crippen molar-refractivity contribution in [3.8, 4) is 10.8 Å². The van der Waals surface area contributed by atoms with Crippen molar-refractivity contribution >= 4 is 11.3 Å². The van der Waals surface area contributed by atoms with E-state index in [2.05, 4.69) is 5.32 Å². The number of ether oxygens (including phenoxy) is 1. The molecule has 0 amide bonds. The van der Waals surface area contributed by atoms with Crippen molar-refractivity contribution in [1.82, 2.24) is 9.88 Å². The van der Waals surface area contributed by atoms with Crippen LogP contribution in [-0.4, -0.2) is 9.67 Å². The number of thiophene rings is 1. The third kappa shape index (κ3) is 6.19. The number of alkyl halides is 3. The molecule has 0 saturated carbocycles. The van der Waals surface area contributed by atoms with E-state index in [0.29, 0.717) is 27.7 Å². The number of rotatable bonds is 8. The fraction of sp³-hybridized carbons (Fsp3) is 0.192. The van der Waals surface area contributed by atoms with Gasteiger partial charge < -0.3 is 9.84 Å². The Hall–Kier alpha value is -3.40. The van der Waals surface area contributed by atoms with Gasteiger partial charge in [0, 0.05) is 18.8 Å². The first kappa shape index (κ1) is 24.7. The molecule has 0 spiro atoms. The van der Waals surface area contributed by atoms with Crippen LogP contribution in [0, 0.1) is 6.92 Å². The molecule has 0 saturated heterocycles. The highest BCUT2D eigenvalue weighted by Crippen LogP contribution is 2.30. The van der Waals surface area contributed by atoms with Gasteiger partial charge in [-0.3, -0.25) is 14.7 Å². The summed E-state index contributed by atoms with van der Waals surface area (Å²) in [5, 5.41) is 14.3. The molecule has 2 aromatic carbocycles. The van der Waals surface area contributed by atoms with Gasteiger partial charge in [0.15, 0.2) is 0 Å². The Morgan fingerprint density at radius 3 is 2.40 bits per heavy atom. The van der Waals surface area contributed by atoms with Gasteiger partial charge >= 0.3 is 6.18 Å². The molecule has 0 radical (unpaired) electrons. The zero-order chi connectivity index (χ0) is 25.0. The first-order valence-electron chi connectivity index (χ1n) is 10.8. The number of nitrogens with zero attached hydrogens (tertiary/aromatic N) is 1. The molecule has 2 N–H and O–H groups in total. The Morgan fingerprint density at radius 2 is 1.74 bits per heavy atom. The van der Waals surface area contributed by atoms with Crippen molar-refractivity contribution in [2.75, 3.05) is 0 Å². The third-order valence-corrected chi connectivity index (χ3v) is 6.64. The van der Waals surface area contributed by atoms with E-state index in [1.807, 2.05) is 43.3 Å². The van der Waals surface area contributed by atoms with Gasteiger partial charge in [0.25, 0.3) is 5.56 Å². The quantitative estimate of drug-likeness (QED) is 0.310. The topological polar surface area (TPSA) is 63.5 Å². The van der Waals surface area contributed by atoms with Crippen molar-refractivity contribution in [2.24, 2.45) is 0 Å². The number of halogens is 3. The molecule has 0 bridgehead atoms. The van der Waals surface area contributed by atoms with Crippen molar-refractivity contribution in [1.29, 1.82) is 0 Å². The Kier molecular flexibility index (Phi) is 7.39. The average Bonchev–Trinajstić information content (AvgIpc) is 3.23. The molecule has 4 rings (SSSR count). The number of aliphatic hydroxyl groups excluding tert-OH is 1. The SMILES string of the molecule is Cc1cc(-n2ccc(OCc3ccc(C(F)(F)F)cc3)cc2=O)sc1C(O)NCc1ccccc1. The second kappa shape index (κ2) is 10.5. The van der Waals surface area contributed by atoms with Crippen LogP contribution in [0.3, 0.4) is 0 Å². The maximum atomic E-state index is 12.7. The number of hydrogen-bond acceptors (Lipinski definition) is 5. The molecule has 9 heteroatoms. The summed E-state index contributed by atoms with van der Waals surface area (Å²) >= 11 is 1.31. The number of aromatic nitrogens is 1. The lowest BCUT2D eigenvalue weighted by molar-refractivity contribution is -0.137. The molecule has 0 fully saturated rings. The maximum Gasteiger partial charge on any atom is 0.416 e. The summed E-state index contributed by atoms with van der Waals surface area (Å²) in [4.78, 5) is 13.4. The van der Waals surface area contributed by atoms with E-state index in [1.54, 1.807) is 12.3 Å². The highest BCUT2D eigenvalue weighted by Gasteiger charge is 2.29. The van der Waals surface area contributed by atoms with E-state index in [0.717, 1.165) is 23.3 Å². The summed E-state index contributed by atoms with van der Waals surface area (Å²) in [6.07, 6.45) is -3.70. The molecule has 35 heavy (non-hydrogen) atoms. The Morgan fingerprint density at radius 1 is 1.03 bits per heavy atom. The maximum absolute atomic E-state index is 12.7. The number of pyridine rings is 1. The van der Waals surface area contributed by atoms with E-state index in [-0.39, 0.29) is 12.2 Å². The minimum absolute atomic E-state index is 0.0309. The van der Waals surface area contributed by atoms with Gasteiger partial charge in [-0.15, -0.1) is 11.3 Å². The van der Waals surface area contributed by atoms with E-state index in [4.69, 9.17) is 4.74 Å². The fourth-order valence-corrected chi connectivity index (χ4v) is 4.59. The highest BCUT2D eigenvalue weighted by molar-refractivity contribution is 7.14. The van der Waals surface area contributed by atoms with Crippen LogP contribution in [0.5, 0.6) is 5.75 Å². The normalized spacial score (nSPS) is 12.5. The second-order valence-corrected chi connectivity index (χ2v) is 9.02. The molecule has 2 heterocycles. The fourth-order valence-electron chi connectivity index (χ4n) is 3.46. The molecule has 182 valence electrons. The van der Waals surface area contributed by atoms with Crippen LogP contribution >= 0.6 is 11.3 Å². The molecule has 1 atom stereocenters. The number of aliphatic hydroxyl groups is 1. The van der Waals surface area contributed by atoms with Gasteiger partial charge in [-0.05, 0) is 47.9 Å². The van der Waals surface area contributed by atoms with Crippen LogP contribution in [0.15, 0.2) is 83.8 Å². The van der Waals surface area contributed by atoms with Gasteiger partial charge in [0.1, 0.15) is 23.6 Å². The van der Waals surface area contributed by atoms with Crippen molar-refractivity contribution in [3.63, 3.8) is 0 Å². The molecule has 2 aromatic heterocycles. The number of aryl methyl sites for hydroxylation is 1. The van der Waals surface area contributed by atoms with E-state index < -0.39 is 18.0 Å². The number of nitrogens with one attached hydrogen (secondary N) is 1. The monoisotopic (exact) mass is 500 g/mol. The summed E-state index contributed by atoms with van der Waals surface area (Å²) in [6, 6.07) is 19.2. The lowest BCUT2D eigenvalue weighted by Crippen LogP contribution is -2.20. The molecule has 0 aliphatic carbocycles. The summed E-state index contributed by atoms with van der Waals surface area (Å²) < 4.78 is 45.1. The van der Waals surface area contributed by atoms with Crippen LogP contribution in [0.25, 0.3) is 5.00 Å². The molecule has 4 aromatic rings. The largest absolute Gasteiger partial charge is 0.489 e. The first-order valence-corrected chi connectivity index (χ1v) is 11.6. The van der Waals surface area contributed by atoms with E-state index in [1.165, 1.54) is 34.1 Å². The zero-order valence-corrected chi connectivity index (χ0v) is 19.6. The molecular formula is C26H23F3N2O3S. The summed E-state index contributed by atoms with van der Waals surface area (Å²) in [5.74, 6) is 0.309. The second-order valence-electron chi connectivity index (χ2n) is 7.95. The van der Waals surface area contributed by atoms with Gasteiger partial charge in [0.05, 0.1) is 10.4 Å². The van der Waals surface area contributed by atoms with Crippen LogP contribution in [0.4, 0.5) is 13.2 Å².